The molecule has 324 valence electrons. The summed E-state index contributed by atoms with van der Waals surface area (Å²) < 4.78 is 12.8. The third kappa shape index (κ3) is 9.01. The topological polar surface area (TPSA) is 261 Å². The van der Waals surface area contributed by atoms with E-state index in [1.165, 1.54) is 24.4 Å². The molecule has 21 heteroatoms. The van der Waals surface area contributed by atoms with Crippen LogP contribution in [-0.4, -0.2) is 123 Å². The van der Waals surface area contributed by atoms with Gasteiger partial charge in [0, 0.05) is 64.1 Å². The molecule has 6 N–H and O–H groups in total. The summed E-state index contributed by atoms with van der Waals surface area (Å²) in [5.41, 5.74) is 15.0. The van der Waals surface area contributed by atoms with E-state index in [0.717, 1.165) is 13.1 Å². The molecule has 0 spiro atoms. The summed E-state index contributed by atoms with van der Waals surface area (Å²) in [7, 11) is 2.01. The molecule has 1 aliphatic rings. The molecule has 1 aliphatic heterocycles. The number of carbonyl (C=O) groups is 5. The van der Waals surface area contributed by atoms with Crippen LogP contribution in [0.5, 0.6) is 5.75 Å². The maximum Gasteiger partial charge on any atom is 0.276 e. The number of imidazole rings is 2. The van der Waals surface area contributed by atoms with E-state index in [4.69, 9.17) is 21.2 Å². The largest absolute Gasteiger partial charge is 0.491 e. The number of nitrogens with two attached hydrogens (primary N) is 2. The molecule has 1 aromatic carbocycles. The fraction of sp³-hybridized carbons (Fsp3) is 0.366. The van der Waals surface area contributed by atoms with Crippen LogP contribution < -0.4 is 26.8 Å². The van der Waals surface area contributed by atoms with Crippen LogP contribution in [0.1, 0.15) is 73.3 Å². The number of benzene rings is 1. The highest BCUT2D eigenvalue weighted by Crippen LogP contribution is 2.32. The van der Waals surface area contributed by atoms with Crippen molar-refractivity contribution in [1.29, 1.82) is 0 Å². The van der Waals surface area contributed by atoms with Crippen molar-refractivity contribution in [2.45, 2.75) is 60.3 Å². The molecule has 0 bridgehead atoms. The van der Waals surface area contributed by atoms with Gasteiger partial charge < -0.3 is 30.6 Å². The number of pyridine rings is 1. The van der Waals surface area contributed by atoms with Crippen LogP contribution in [0.25, 0.3) is 22.2 Å². The minimum absolute atomic E-state index is 0.00540. The highest BCUT2D eigenvalue weighted by atomic mass is 16.5. The number of nitrogens with one attached hydrogen (secondary N) is 2. The smallest absolute Gasteiger partial charge is 0.276 e. The summed E-state index contributed by atoms with van der Waals surface area (Å²) in [5, 5.41) is 14.6. The number of aromatic nitrogens is 9. The Kier molecular flexibility index (Phi) is 12.4. The second-order valence-electron chi connectivity index (χ2n) is 14.9. The highest BCUT2D eigenvalue weighted by Gasteiger charge is 2.24. The summed E-state index contributed by atoms with van der Waals surface area (Å²) in [6.07, 6.45) is 5.05. The molecule has 6 aromatic rings. The van der Waals surface area contributed by atoms with Gasteiger partial charge in [0.15, 0.2) is 5.65 Å². The van der Waals surface area contributed by atoms with Gasteiger partial charge in [0.05, 0.1) is 35.5 Å². The number of likely N-dealkylation sites (N-methyl/N-ethyl adjacent to an activating group) is 1. The highest BCUT2D eigenvalue weighted by molar-refractivity contribution is 6.05. The lowest BCUT2D eigenvalue weighted by Gasteiger charge is -2.32. The van der Waals surface area contributed by atoms with Gasteiger partial charge in [-0.05, 0) is 65.1 Å². The lowest BCUT2D eigenvalue weighted by atomic mass is 10.1. The Morgan fingerprint density at radius 2 is 1.29 bits per heavy atom. The molecule has 0 saturated carbocycles. The van der Waals surface area contributed by atoms with E-state index in [1.807, 2.05) is 27.0 Å². The van der Waals surface area contributed by atoms with Gasteiger partial charge in [0.25, 0.3) is 11.8 Å². The molecule has 5 aromatic heterocycles. The molecule has 1 saturated heterocycles. The average molecular weight is 848 g/mol. The van der Waals surface area contributed by atoms with Crippen molar-refractivity contribution in [3.8, 4) is 5.75 Å². The molecular formula is C41H49N15O6. The number of piperazine rings is 1. The van der Waals surface area contributed by atoms with Crippen molar-refractivity contribution >= 4 is 63.6 Å². The Hall–Kier alpha value is -7.42. The number of fused-ring (bicyclic) bond motifs is 2. The van der Waals surface area contributed by atoms with Gasteiger partial charge in [-0.25, -0.2) is 15.0 Å². The number of hydrogen-bond acceptors (Lipinski definition) is 12. The van der Waals surface area contributed by atoms with Crippen LogP contribution in [0.4, 0.5) is 11.9 Å². The van der Waals surface area contributed by atoms with Gasteiger partial charge >= 0.3 is 0 Å². The lowest BCUT2D eigenvalue weighted by molar-refractivity contribution is -0.133. The number of anilines is 2. The lowest BCUT2D eigenvalue weighted by Crippen LogP contribution is -2.47. The second kappa shape index (κ2) is 18.1. The first-order valence-electron chi connectivity index (χ1n) is 20.2. The Morgan fingerprint density at radius 1 is 0.742 bits per heavy atom. The van der Waals surface area contributed by atoms with Crippen molar-refractivity contribution in [2.24, 2.45) is 11.5 Å². The first-order chi connectivity index (χ1) is 29.7. The van der Waals surface area contributed by atoms with Crippen molar-refractivity contribution in [1.82, 2.24) is 53.4 Å². The maximum absolute atomic E-state index is 13.8. The van der Waals surface area contributed by atoms with Crippen LogP contribution >= 0.6 is 0 Å². The van der Waals surface area contributed by atoms with E-state index in [1.54, 1.807) is 55.5 Å². The standard InChI is InChI=1S/C41H49N15O6/c1-6-55-30(18-24(3)49-55)38(60)47-40-45-28-20-26(35(42)58)22-32(62-17-10-33(57)52-15-13-51(5)14-16-52)34(28)53(40)11-8-9-12-54-37-29(21-27(23-44-37)36(43)59)46-41(54)48-39(61)31-19-25(4)50-56(31)7-2/h8-9,18-23H,6-7,10-17H2,1-5H3,(H2,42,58)(H2,43,59)(H,45,47,60)(H,46,48,61)/b9-8+. The second-order valence-corrected chi connectivity index (χ2v) is 14.9. The normalized spacial score (nSPS) is 13.3. The summed E-state index contributed by atoms with van der Waals surface area (Å²) in [6, 6.07) is 7.86. The minimum Gasteiger partial charge on any atom is -0.491 e. The molecule has 0 unspecified atom stereocenters. The number of amides is 5. The van der Waals surface area contributed by atoms with Crippen molar-refractivity contribution in [3.63, 3.8) is 0 Å². The molecule has 1 fully saturated rings. The first kappa shape index (κ1) is 42.7. The third-order valence-corrected chi connectivity index (χ3v) is 10.5. The summed E-state index contributed by atoms with van der Waals surface area (Å²) >= 11 is 0. The molecule has 5 amide bonds. The SMILES string of the molecule is CCn1nc(C)cc1C(=O)Nc1nc2cc(C(N)=O)cnc2n1C/C=C/Cn1c(NC(=O)c2cc(C)nn2CC)nc2cc(C(N)=O)cc(OCCC(=O)N3CCN(C)CC3)c21. The zero-order valence-electron chi connectivity index (χ0n) is 35.2. The Morgan fingerprint density at radius 3 is 1.87 bits per heavy atom. The van der Waals surface area contributed by atoms with E-state index in [2.05, 4.69) is 35.7 Å². The van der Waals surface area contributed by atoms with Gasteiger partial charge in [0.2, 0.25) is 29.6 Å². The summed E-state index contributed by atoms with van der Waals surface area (Å²) in [5.74, 6) is -1.82. The number of carbonyl (C=O) groups excluding carboxylic acids is 5. The number of ether oxygens (including phenoxy) is 1. The number of aryl methyl sites for hydroxylation is 4. The van der Waals surface area contributed by atoms with Crippen LogP contribution in [0.15, 0.2) is 48.7 Å². The van der Waals surface area contributed by atoms with Gasteiger partial charge in [-0.3, -0.25) is 48.5 Å². The van der Waals surface area contributed by atoms with Gasteiger partial charge in [-0.2, -0.15) is 10.2 Å². The van der Waals surface area contributed by atoms with Crippen LogP contribution in [0, 0.1) is 13.8 Å². The number of allylic oxidation sites excluding steroid dienone is 2. The van der Waals surface area contributed by atoms with Crippen molar-refractivity contribution in [3.05, 3.63) is 82.6 Å². The zero-order chi connectivity index (χ0) is 44.2. The molecule has 6 heterocycles. The van der Waals surface area contributed by atoms with Crippen LogP contribution in [0.2, 0.25) is 0 Å². The summed E-state index contributed by atoms with van der Waals surface area (Å²) in [6.45, 7) is 11.3. The first-order valence-corrected chi connectivity index (χ1v) is 20.2. The predicted molar refractivity (Wildman–Crippen MR) is 229 cm³/mol. The van der Waals surface area contributed by atoms with Crippen molar-refractivity contribution in [2.75, 3.05) is 50.5 Å². The fourth-order valence-electron chi connectivity index (χ4n) is 7.26. The van der Waals surface area contributed by atoms with Gasteiger partial charge in [-0.15, -0.1) is 0 Å². The Labute approximate surface area is 355 Å². The third-order valence-electron chi connectivity index (χ3n) is 10.5. The number of primary amides is 2. The average Bonchev–Trinajstić information content (AvgIpc) is 4.01. The molecule has 21 nitrogen and oxygen atoms in total. The molecule has 0 aliphatic carbocycles. The minimum atomic E-state index is -0.714. The van der Waals surface area contributed by atoms with E-state index in [9.17, 15) is 24.0 Å². The Bertz CT molecular complexity index is 2730. The fourth-order valence-corrected chi connectivity index (χ4v) is 7.26. The maximum atomic E-state index is 13.8. The van der Waals surface area contributed by atoms with Crippen molar-refractivity contribution < 1.29 is 28.7 Å². The molecule has 0 radical (unpaired) electrons. The molecule has 0 atom stereocenters. The van der Waals surface area contributed by atoms with Gasteiger partial charge in [-0.1, -0.05) is 12.2 Å². The number of nitrogens with zero attached hydrogens (tertiary/aromatic N) is 11. The van der Waals surface area contributed by atoms with E-state index in [-0.39, 0.29) is 60.8 Å². The molecule has 7 rings (SSSR count). The quantitative estimate of drug-likeness (QED) is 0.102. The van der Waals surface area contributed by atoms with E-state index in [0.29, 0.717) is 71.2 Å². The number of rotatable bonds is 16. The summed E-state index contributed by atoms with van der Waals surface area (Å²) in [4.78, 5) is 82.7. The Balaban J connectivity index is 1.23. The molecule has 62 heavy (non-hydrogen) atoms. The molecular weight excluding hydrogens is 799 g/mol. The van der Waals surface area contributed by atoms with Gasteiger partial charge in [0.1, 0.15) is 28.2 Å². The van der Waals surface area contributed by atoms with Crippen LogP contribution in [-0.2, 0) is 31.0 Å². The number of hydrogen-bond donors (Lipinski definition) is 4. The van der Waals surface area contributed by atoms with E-state index < -0.39 is 23.6 Å². The van der Waals surface area contributed by atoms with Crippen LogP contribution in [0.3, 0.4) is 0 Å². The predicted octanol–water partition coefficient (Wildman–Crippen LogP) is 2.33. The zero-order valence-corrected chi connectivity index (χ0v) is 35.2. The van der Waals surface area contributed by atoms with E-state index >= 15 is 0 Å². The monoisotopic (exact) mass is 847 g/mol.